The lowest BCUT2D eigenvalue weighted by molar-refractivity contribution is -0.154. The molecule has 1 aromatic carbocycles. The number of benzene rings is 1. The second-order valence-corrected chi connectivity index (χ2v) is 7.49. The molecular formula is C20H22F4N4O2. The smallest absolute Gasteiger partial charge is 0.378 e. The lowest BCUT2D eigenvalue weighted by atomic mass is 10.0. The summed E-state index contributed by atoms with van der Waals surface area (Å²) in [5.74, 6) is -0.254. The summed E-state index contributed by atoms with van der Waals surface area (Å²) in [6.45, 7) is 3.39. The number of ether oxygens (including phenoxy) is 1. The lowest BCUT2D eigenvalue weighted by Gasteiger charge is -2.43. The van der Waals surface area contributed by atoms with Crippen LogP contribution in [0.5, 0.6) is 0 Å². The molecule has 0 unspecified atom stereocenters. The molecule has 3 heterocycles. The summed E-state index contributed by atoms with van der Waals surface area (Å²) in [5.41, 5.74) is -0.0257. The highest BCUT2D eigenvalue weighted by atomic mass is 19.4. The SMILES string of the molecule is C[C@H](c1cccc(F)c1)N1c2nc(N3CCOCC3)cc(=O)n2CC[C@H]1C(F)(F)F. The predicted molar refractivity (Wildman–Crippen MR) is 103 cm³/mol. The van der Waals surface area contributed by atoms with Crippen LogP contribution in [0.3, 0.4) is 0 Å². The fourth-order valence-electron chi connectivity index (χ4n) is 4.07. The summed E-state index contributed by atoms with van der Waals surface area (Å²) in [6.07, 6.45) is -4.81. The molecule has 0 N–H and O–H groups in total. The van der Waals surface area contributed by atoms with Crippen LogP contribution in [0.25, 0.3) is 0 Å². The van der Waals surface area contributed by atoms with Crippen molar-refractivity contribution in [3.8, 4) is 0 Å². The fourth-order valence-corrected chi connectivity index (χ4v) is 4.07. The third-order valence-electron chi connectivity index (χ3n) is 5.63. The Morgan fingerprint density at radius 3 is 2.57 bits per heavy atom. The van der Waals surface area contributed by atoms with E-state index in [1.807, 2.05) is 4.90 Å². The van der Waals surface area contributed by atoms with Crippen molar-refractivity contribution < 1.29 is 22.3 Å². The zero-order chi connectivity index (χ0) is 21.5. The van der Waals surface area contributed by atoms with E-state index in [4.69, 9.17) is 4.74 Å². The van der Waals surface area contributed by atoms with Gasteiger partial charge in [-0.05, 0) is 31.0 Å². The van der Waals surface area contributed by atoms with Crippen molar-refractivity contribution in [3.05, 3.63) is 52.1 Å². The second kappa shape index (κ2) is 7.90. The van der Waals surface area contributed by atoms with Crippen molar-refractivity contribution in [2.75, 3.05) is 36.1 Å². The molecule has 0 spiro atoms. The highest BCUT2D eigenvalue weighted by molar-refractivity contribution is 5.48. The van der Waals surface area contributed by atoms with Crippen molar-refractivity contribution in [1.29, 1.82) is 0 Å². The second-order valence-electron chi connectivity index (χ2n) is 7.49. The fraction of sp³-hybridized carbons (Fsp3) is 0.500. The Labute approximate surface area is 170 Å². The lowest BCUT2D eigenvalue weighted by Crippen LogP contribution is -2.53. The van der Waals surface area contributed by atoms with E-state index in [1.165, 1.54) is 28.8 Å². The summed E-state index contributed by atoms with van der Waals surface area (Å²) in [4.78, 5) is 20.1. The van der Waals surface area contributed by atoms with Crippen molar-refractivity contribution in [1.82, 2.24) is 9.55 Å². The monoisotopic (exact) mass is 426 g/mol. The van der Waals surface area contributed by atoms with E-state index < -0.39 is 29.6 Å². The Morgan fingerprint density at radius 2 is 1.90 bits per heavy atom. The normalized spacial score (nSPS) is 20.8. The number of halogens is 4. The summed E-state index contributed by atoms with van der Waals surface area (Å²) in [5, 5.41) is 0. The van der Waals surface area contributed by atoms with Crippen LogP contribution >= 0.6 is 0 Å². The zero-order valence-corrected chi connectivity index (χ0v) is 16.4. The maximum atomic E-state index is 13.9. The first kappa shape index (κ1) is 20.6. The van der Waals surface area contributed by atoms with Gasteiger partial charge in [0.2, 0.25) is 5.95 Å². The van der Waals surface area contributed by atoms with Gasteiger partial charge in [-0.25, -0.2) is 4.39 Å². The van der Waals surface area contributed by atoms with Crippen LogP contribution in [0.1, 0.15) is 24.9 Å². The van der Waals surface area contributed by atoms with Crippen LogP contribution in [0.4, 0.5) is 29.3 Å². The van der Waals surface area contributed by atoms with Crippen molar-refractivity contribution in [2.45, 2.75) is 38.1 Å². The van der Waals surface area contributed by atoms with Gasteiger partial charge in [-0.3, -0.25) is 9.36 Å². The molecule has 30 heavy (non-hydrogen) atoms. The Morgan fingerprint density at radius 1 is 1.17 bits per heavy atom. The van der Waals surface area contributed by atoms with Crippen molar-refractivity contribution in [3.63, 3.8) is 0 Å². The number of alkyl halides is 3. The molecule has 0 saturated carbocycles. The molecule has 1 saturated heterocycles. The summed E-state index contributed by atoms with van der Waals surface area (Å²) < 4.78 is 62.2. The molecule has 10 heteroatoms. The number of nitrogens with zero attached hydrogens (tertiary/aromatic N) is 4. The van der Waals surface area contributed by atoms with Crippen molar-refractivity contribution >= 4 is 11.8 Å². The molecule has 2 aromatic rings. The molecule has 0 amide bonds. The molecule has 162 valence electrons. The van der Waals surface area contributed by atoms with Gasteiger partial charge < -0.3 is 14.5 Å². The Kier molecular flexibility index (Phi) is 5.44. The van der Waals surface area contributed by atoms with E-state index in [2.05, 4.69) is 4.98 Å². The summed E-state index contributed by atoms with van der Waals surface area (Å²) >= 11 is 0. The van der Waals surface area contributed by atoms with Crippen LogP contribution in [-0.4, -0.2) is 48.1 Å². The Balaban J connectivity index is 1.83. The van der Waals surface area contributed by atoms with Crippen LogP contribution < -0.4 is 15.4 Å². The zero-order valence-electron chi connectivity index (χ0n) is 16.4. The average molecular weight is 426 g/mol. The Hall–Kier alpha value is -2.62. The minimum Gasteiger partial charge on any atom is -0.378 e. The first-order chi connectivity index (χ1) is 14.3. The maximum Gasteiger partial charge on any atom is 0.408 e. The molecule has 0 aliphatic carbocycles. The number of hydrogen-bond donors (Lipinski definition) is 0. The van der Waals surface area contributed by atoms with E-state index in [0.29, 0.717) is 37.7 Å². The first-order valence-electron chi connectivity index (χ1n) is 9.81. The van der Waals surface area contributed by atoms with Gasteiger partial charge >= 0.3 is 6.18 Å². The van der Waals surface area contributed by atoms with Gasteiger partial charge in [-0.2, -0.15) is 18.2 Å². The molecule has 0 bridgehead atoms. The van der Waals surface area contributed by atoms with Gasteiger partial charge in [-0.15, -0.1) is 0 Å². The maximum absolute atomic E-state index is 13.9. The molecule has 6 nitrogen and oxygen atoms in total. The minimum absolute atomic E-state index is 0.0469. The third-order valence-corrected chi connectivity index (χ3v) is 5.63. The molecule has 0 radical (unpaired) electrons. The molecule has 4 rings (SSSR count). The van der Waals surface area contributed by atoms with Crippen molar-refractivity contribution in [2.24, 2.45) is 0 Å². The molecule has 2 atom stereocenters. The van der Waals surface area contributed by atoms with Crippen LogP contribution in [-0.2, 0) is 11.3 Å². The average Bonchev–Trinajstić information content (AvgIpc) is 2.72. The van der Waals surface area contributed by atoms with Crippen LogP contribution in [0.15, 0.2) is 35.1 Å². The first-order valence-corrected chi connectivity index (χ1v) is 9.81. The van der Waals surface area contributed by atoms with E-state index in [-0.39, 0.29) is 18.9 Å². The number of fused-ring (bicyclic) bond motifs is 1. The highest BCUT2D eigenvalue weighted by Gasteiger charge is 2.48. The molecule has 1 fully saturated rings. The quantitative estimate of drug-likeness (QED) is 0.706. The summed E-state index contributed by atoms with van der Waals surface area (Å²) in [6, 6.07) is 4.16. The van der Waals surface area contributed by atoms with E-state index in [1.54, 1.807) is 13.0 Å². The predicted octanol–water partition coefficient (Wildman–Crippen LogP) is 3.12. The van der Waals surface area contributed by atoms with Gasteiger partial charge in [0.15, 0.2) is 0 Å². The van der Waals surface area contributed by atoms with Crippen LogP contribution in [0, 0.1) is 5.82 Å². The van der Waals surface area contributed by atoms with Gasteiger partial charge in [0.25, 0.3) is 5.56 Å². The molecule has 2 aliphatic heterocycles. The topological polar surface area (TPSA) is 50.6 Å². The number of morpholine rings is 1. The molecule has 2 aliphatic rings. The highest BCUT2D eigenvalue weighted by Crippen LogP contribution is 2.39. The van der Waals surface area contributed by atoms with E-state index >= 15 is 0 Å². The number of anilines is 2. The largest absolute Gasteiger partial charge is 0.408 e. The van der Waals surface area contributed by atoms with E-state index in [9.17, 15) is 22.4 Å². The van der Waals surface area contributed by atoms with Gasteiger partial charge in [0.05, 0.1) is 19.3 Å². The number of aromatic nitrogens is 2. The minimum atomic E-state index is -4.53. The Bertz CT molecular complexity index is 972. The number of rotatable bonds is 3. The third kappa shape index (κ3) is 3.88. The van der Waals surface area contributed by atoms with Gasteiger partial charge in [0.1, 0.15) is 17.7 Å². The van der Waals surface area contributed by atoms with Gasteiger partial charge in [-0.1, -0.05) is 12.1 Å². The standard InChI is InChI=1S/C20H22F4N4O2/c1-13(14-3-2-4-15(21)11-14)28-16(20(22,23)24)5-6-27-18(29)12-17(25-19(27)28)26-7-9-30-10-8-26/h2-4,11-13,16H,5-10H2,1H3/t13-,16+/m1/s1. The van der Waals surface area contributed by atoms with Crippen LogP contribution in [0.2, 0.25) is 0 Å². The molecular weight excluding hydrogens is 404 g/mol. The van der Waals surface area contributed by atoms with E-state index in [0.717, 1.165) is 4.90 Å². The number of hydrogen-bond acceptors (Lipinski definition) is 5. The van der Waals surface area contributed by atoms with Gasteiger partial charge in [0, 0.05) is 25.7 Å². The summed E-state index contributed by atoms with van der Waals surface area (Å²) in [7, 11) is 0. The molecule has 1 aromatic heterocycles.